The van der Waals surface area contributed by atoms with Gasteiger partial charge in [-0.15, -0.1) is 5.10 Å². The maximum absolute atomic E-state index is 11.7. The van der Waals surface area contributed by atoms with E-state index in [1.807, 2.05) is 60.7 Å². The Bertz CT molecular complexity index is 1080. The number of carboxylic acids is 1. The molecule has 0 aliphatic heterocycles. The summed E-state index contributed by atoms with van der Waals surface area (Å²) in [5.41, 5.74) is 2.02. The zero-order valence-corrected chi connectivity index (χ0v) is 13.5. The summed E-state index contributed by atoms with van der Waals surface area (Å²) in [4.78, 5) is 15.9. The summed E-state index contributed by atoms with van der Waals surface area (Å²) in [5, 5.41) is 19.2. The average molecular weight is 346 g/mol. The molecule has 2 aromatic carbocycles. The lowest BCUT2D eigenvalue weighted by Gasteiger charge is -2.18. The first kappa shape index (κ1) is 15.7. The summed E-state index contributed by atoms with van der Waals surface area (Å²) in [5.74, 6) is 5.41. The number of aromatic carboxylic acids is 1. The van der Waals surface area contributed by atoms with Crippen molar-refractivity contribution < 1.29 is 9.90 Å². The molecule has 0 atom stereocenters. The number of nitrogens with two attached hydrogens (primary N) is 1. The molecule has 0 saturated heterocycles. The number of rotatable bonds is 4. The van der Waals surface area contributed by atoms with Crippen molar-refractivity contribution in [3.05, 3.63) is 72.4 Å². The number of nitrogens with zero attached hydrogens (tertiary/aromatic N) is 5. The Hall–Kier alpha value is -3.78. The number of para-hydroxylation sites is 2. The number of hydrogen-bond donors (Lipinski definition) is 2. The van der Waals surface area contributed by atoms with Gasteiger partial charge in [0, 0.05) is 6.20 Å². The fraction of sp³-hybridized carbons (Fsp3) is 0. The van der Waals surface area contributed by atoms with Crippen LogP contribution in [0.3, 0.4) is 0 Å². The van der Waals surface area contributed by atoms with Crippen LogP contribution in [-0.2, 0) is 0 Å². The molecule has 0 amide bonds. The summed E-state index contributed by atoms with van der Waals surface area (Å²) in [6.07, 6.45) is 1.27. The molecule has 0 bridgehead atoms. The second-order valence-electron chi connectivity index (χ2n) is 5.54. The third-order valence-corrected chi connectivity index (χ3v) is 3.95. The van der Waals surface area contributed by atoms with Crippen LogP contribution in [-0.4, -0.2) is 31.1 Å². The van der Waals surface area contributed by atoms with Crippen LogP contribution in [0.2, 0.25) is 0 Å². The Morgan fingerprint density at radius 2 is 1.69 bits per heavy atom. The Labute approximate surface area is 148 Å². The Morgan fingerprint density at radius 1 is 1.04 bits per heavy atom. The number of anilines is 2. The molecular formula is C18H14N6O2. The van der Waals surface area contributed by atoms with E-state index in [-0.39, 0.29) is 5.56 Å². The van der Waals surface area contributed by atoms with Crippen LogP contribution in [0.5, 0.6) is 0 Å². The van der Waals surface area contributed by atoms with Crippen molar-refractivity contribution in [2.45, 2.75) is 0 Å². The molecular weight excluding hydrogens is 332 g/mol. The van der Waals surface area contributed by atoms with Crippen molar-refractivity contribution in [1.29, 1.82) is 0 Å². The van der Waals surface area contributed by atoms with E-state index < -0.39 is 5.97 Å². The molecule has 8 heteroatoms. The Balaban J connectivity index is 1.96. The quantitative estimate of drug-likeness (QED) is 0.431. The van der Waals surface area contributed by atoms with E-state index in [1.54, 1.807) is 0 Å². The van der Waals surface area contributed by atoms with Crippen molar-refractivity contribution in [3.63, 3.8) is 0 Å². The van der Waals surface area contributed by atoms with E-state index in [0.29, 0.717) is 28.2 Å². The molecule has 0 saturated carbocycles. The van der Waals surface area contributed by atoms with Crippen LogP contribution in [0.15, 0.2) is 66.9 Å². The second-order valence-corrected chi connectivity index (χ2v) is 5.54. The van der Waals surface area contributed by atoms with Crippen LogP contribution < -0.4 is 10.9 Å². The van der Waals surface area contributed by atoms with E-state index in [2.05, 4.69) is 15.3 Å². The van der Waals surface area contributed by atoms with Crippen LogP contribution in [0, 0.1) is 0 Å². The first-order valence-corrected chi connectivity index (χ1v) is 7.80. The van der Waals surface area contributed by atoms with Crippen LogP contribution >= 0.6 is 0 Å². The summed E-state index contributed by atoms with van der Waals surface area (Å²) < 4.78 is 1.48. The third kappa shape index (κ3) is 2.54. The molecule has 3 N–H and O–H groups in total. The summed E-state index contributed by atoms with van der Waals surface area (Å²) >= 11 is 0. The van der Waals surface area contributed by atoms with Gasteiger partial charge in [0.15, 0.2) is 11.3 Å². The zero-order chi connectivity index (χ0) is 18.1. The van der Waals surface area contributed by atoms with Gasteiger partial charge in [0.1, 0.15) is 11.1 Å². The smallest absolute Gasteiger partial charge is 0.339 e. The lowest BCUT2D eigenvalue weighted by Crippen LogP contribution is -2.26. The lowest BCUT2D eigenvalue weighted by molar-refractivity contribution is 0.0698. The van der Waals surface area contributed by atoms with Crippen molar-refractivity contribution in [2.24, 2.45) is 5.84 Å². The van der Waals surface area contributed by atoms with Gasteiger partial charge < -0.3 is 5.11 Å². The number of carboxylic acid groups (broad SMARTS) is 1. The maximum atomic E-state index is 11.7. The van der Waals surface area contributed by atoms with Gasteiger partial charge in [0.2, 0.25) is 0 Å². The molecule has 2 aromatic heterocycles. The summed E-state index contributed by atoms with van der Waals surface area (Å²) in [7, 11) is 0. The predicted octanol–water partition coefficient (Wildman–Crippen LogP) is 2.53. The predicted molar refractivity (Wildman–Crippen MR) is 96.4 cm³/mol. The minimum Gasteiger partial charge on any atom is -0.478 e. The van der Waals surface area contributed by atoms with Gasteiger partial charge >= 0.3 is 5.97 Å². The molecule has 128 valence electrons. The summed E-state index contributed by atoms with van der Waals surface area (Å²) in [6, 6.07) is 18.4. The van der Waals surface area contributed by atoms with E-state index in [1.165, 1.54) is 15.9 Å². The normalized spacial score (nSPS) is 10.8. The van der Waals surface area contributed by atoms with Crippen molar-refractivity contribution in [2.75, 3.05) is 5.01 Å². The number of benzene rings is 2. The molecule has 0 fully saturated rings. The van der Waals surface area contributed by atoms with Crippen LogP contribution in [0.1, 0.15) is 10.4 Å². The third-order valence-electron chi connectivity index (χ3n) is 3.95. The molecule has 0 aliphatic rings. The highest BCUT2D eigenvalue weighted by Gasteiger charge is 2.22. The minimum atomic E-state index is -1.11. The molecule has 4 aromatic rings. The minimum absolute atomic E-state index is 0.000866. The molecule has 8 nitrogen and oxygen atoms in total. The molecule has 0 unspecified atom stereocenters. The molecule has 0 spiro atoms. The van der Waals surface area contributed by atoms with E-state index >= 15 is 0 Å². The van der Waals surface area contributed by atoms with Gasteiger partial charge in [0.05, 0.1) is 11.4 Å². The second kappa shape index (κ2) is 6.26. The molecule has 2 heterocycles. The summed E-state index contributed by atoms with van der Waals surface area (Å²) in [6.45, 7) is 0. The number of fused-ring (bicyclic) bond motifs is 1. The van der Waals surface area contributed by atoms with E-state index in [4.69, 9.17) is 5.84 Å². The number of hydrazine groups is 1. The first-order chi connectivity index (χ1) is 12.7. The van der Waals surface area contributed by atoms with Crippen molar-refractivity contribution in [1.82, 2.24) is 20.0 Å². The van der Waals surface area contributed by atoms with Crippen LogP contribution in [0.25, 0.3) is 16.7 Å². The molecule has 0 aliphatic carbocycles. The van der Waals surface area contributed by atoms with Gasteiger partial charge in [-0.3, -0.25) is 5.01 Å². The van der Waals surface area contributed by atoms with Gasteiger partial charge in [-0.1, -0.05) is 41.6 Å². The molecule has 26 heavy (non-hydrogen) atoms. The first-order valence-electron chi connectivity index (χ1n) is 7.80. The van der Waals surface area contributed by atoms with Crippen molar-refractivity contribution >= 4 is 28.5 Å². The zero-order valence-electron chi connectivity index (χ0n) is 13.5. The van der Waals surface area contributed by atoms with E-state index in [9.17, 15) is 9.90 Å². The monoisotopic (exact) mass is 346 g/mol. The number of aromatic nitrogens is 4. The highest BCUT2D eigenvalue weighted by Crippen LogP contribution is 2.29. The number of hydrogen-bond acceptors (Lipinski definition) is 6. The lowest BCUT2D eigenvalue weighted by atomic mass is 10.2. The van der Waals surface area contributed by atoms with Gasteiger partial charge in [0.25, 0.3) is 0 Å². The molecule has 0 radical (unpaired) electrons. The number of carbonyl (C=O) groups is 1. The average Bonchev–Trinajstić information content (AvgIpc) is 3.13. The Morgan fingerprint density at radius 3 is 2.35 bits per heavy atom. The Kier molecular flexibility index (Phi) is 3.79. The highest BCUT2D eigenvalue weighted by molar-refractivity contribution is 6.04. The standard InChI is InChI=1S/C18H14N6O2/c19-23(12-7-3-1-4-8-12)17-15-16(14(11-20-17)18(25)26)24(22-21-15)13-9-5-2-6-10-13/h1-11H,19H2,(H,25,26). The fourth-order valence-electron chi connectivity index (χ4n) is 2.72. The molecule has 4 rings (SSSR count). The highest BCUT2D eigenvalue weighted by atomic mass is 16.4. The van der Waals surface area contributed by atoms with Gasteiger partial charge in [-0.05, 0) is 24.3 Å². The van der Waals surface area contributed by atoms with E-state index in [0.717, 1.165) is 0 Å². The van der Waals surface area contributed by atoms with Crippen molar-refractivity contribution in [3.8, 4) is 5.69 Å². The number of pyridine rings is 1. The van der Waals surface area contributed by atoms with Crippen LogP contribution in [0.4, 0.5) is 11.5 Å². The fourth-order valence-corrected chi connectivity index (χ4v) is 2.72. The largest absolute Gasteiger partial charge is 0.478 e. The topological polar surface area (TPSA) is 110 Å². The SMILES string of the molecule is NN(c1ccccc1)c1ncc(C(=O)O)c2c1nnn2-c1ccccc1. The van der Waals surface area contributed by atoms with Gasteiger partial charge in [-0.2, -0.15) is 0 Å². The maximum Gasteiger partial charge on any atom is 0.339 e. The van der Waals surface area contributed by atoms with Gasteiger partial charge in [-0.25, -0.2) is 20.3 Å².